The van der Waals surface area contributed by atoms with Gasteiger partial charge in [-0.3, -0.25) is 14.9 Å². The van der Waals surface area contributed by atoms with Gasteiger partial charge < -0.3 is 4.90 Å². The lowest BCUT2D eigenvalue weighted by molar-refractivity contribution is -0.384. The van der Waals surface area contributed by atoms with Crippen LogP contribution in [-0.2, 0) is 4.79 Å². The molecular formula is C20H23ClN4O3S. The highest BCUT2D eigenvalue weighted by atomic mass is 35.5. The number of carbonyl (C=O) groups is 1. The zero-order chi connectivity index (χ0) is 21.2. The Morgan fingerprint density at radius 1 is 1.24 bits per heavy atom. The summed E-state index contributed by atoms with van der Waals surface area (Å²) in [5.74, 6) is 0.377. The number of hydrogen-bond acceptors (Lipinski definition) is 6. The Morgan fingerprint density at radius 3 is 2.55 bits per heavy atom. The van der Waals surface area contributed by atoms with Crippen molar-refractivity contribution in [3.05, 3.63) is 63.2 Å². The number of non-ortho nitro benzene ring substituents is 1. The fourth-order valence-corrected chi connectivity index (χ4v) is 3.61. The van der Waals surface area contributed by atoms with E-state index in [0.29, 0.717) is 22.8 Å². The van der Waals surface area contributed by atoms with Crippen molar-refractivity contribution in [3.63, 3.8) is 0 Å². The summed E-state index contributed by atoms with van der Waals surface area (Å²) >= 11 is 7.40. The van der Waals surface area contributed by atoms with Gasteiger partial charge in [-0.2, -0.15) is 5.10 Å². The highest BCUT2D eigenvalue weighted by molar-refractivity contribution is 7.99. The van der Waals surface area contributed by atoms with E-state index in [-0.39, 0.29) is 11.6 Å². The minimum absolute atomic E-state index is 0.0203. The van der Waals surface area contributed by atoms with Crippen LogP contribution in [0, 0.1) is 10.1 Å². The Kier molecular flexibility index (Phi) is 8.95. The molecule has 1 amide bonds. The van der Waals surface area contributed by atoms with Gasteiger partial charge in [-0.15, -0.1) is 11.8 Å². The molecule has 29 heavy (non-hydrogen) atoms. The zero-order valence-corrected chi connectivity index (χ0v) is 17.9. The largest absolute Gasteiger partial charge is 0.372 e. The number of nitro benzene ring substituents is 1. The Balaban J connectivity index is 1.96. The van der Waals surface area contributed by atoms with Crippen LogP contribution in [-0.4, -0.2) is 35.9 Å². The predicted molar refractivity (Wildman–Crippen MR) is 119 cm³/mol. The van der Waals surface area contributed by atoms with Crippen molar-refractivity contribution in [2.75, 3.05) is 23.7 Å². The van der Waals surface area contributed by atoms with Crippen LogP contribution in [0.4, 0.5) is 11.4 Å². The number of nitro groups is 1. The lowest BCUT2D eigenvalue weighted by Gasteiger charge is -2.22. The SMILES string of the molecule is CCN(CC)c1ccc([N+](=O)[O-])cc1/C=N\NC(=O)CCSc1ccc(Cl)cc1. The molecule has 0 aliphatic rings. The summed E-state index contributed by atoms with van der Waals surface area (Å²) in [6.07, 6.45) is 1.74. The molecule has 0 fully saturated rings. The number of carbonyl (C=O) groups excluding carboxylic acids is 1. The van der Waals surface area contributed by atoms with Crippen LogP contribution in [0.2, 0.25) is 5.02 Å². The van der Waals surface area contributed by atoms with Gasteiger partial charge in [-0.1, -0.05) is 11.6 Å². The van der Waals surface area contributed by atoms with Crippen LogP contribution in [0.3, 0.4) is 0 Å². The second kappa shape index (κ2) is 11.4. The monoisotopic (exact) mass is 434 g/mol. The van der Waals surface area contributed by atoms with Gasteiger partial charge in [-0.05, 0) is 44.2 Å². The van der Waals surface area contributed by atoms with Crippen molar-refractivity contribution in [2.24, 2.45) is 5.10 Å². The first-order valence-corrected chi connectivity index (χ1v) is 10.5. The third kappa shape index (κ3) is 7.07. The predicted octanol–water partition coefficient (Wildman–Crippen LogP) is 4.73. The Hall–Kier alpha value is -2.58. The quantitative estimate of drug-likeness (QED) is 0.253. The maximum absolute atomic E-state index is 12.0. The summed E-state index contributed by atoms with van der Waals surface area (Å²) in [7, 11) is 0. The van der Waals surface area contributed by atoms with Crippen molar-refractivity contribution >= 4 is 46.9 Å². The Labute approximate surface area is 179 Å². The van der Waals surface area contributed by atoms with Gasteiger partial charge in [0.25, 0.3) is 5.69 Å². The molecule has 0 unspecified atom stereocenters. The normalized spacial score (nSPS) is 10.9. The molecular weight excluding hydrogens is 412 g/mol. The van der Waals surface area contributed by atoms with Gasteiger partial charge >= 0.3 is 0 Å². The molecule has 0 saturated carbocycles. The van der Waals surface area contributed by atoms with Crippen molar-refractivity contribution in [2.45, 2.75) is 25.2 Å². The van der Waals surface area contributed by atoms with Gasteiger partial charge in [0.05, 0.1) is 11.1 Å². The molecule has 1 N–H and O–H groups in total. The van der Waals surface area contributed by atoms with Gasteiger partial charge in [-0.25, -0.2) is 5.43 Å². The topological polar surface area (TPSA) is 87.8 Å². The average Bonchev–Trinajstić information content (AvgIpc) is 2.71. The first-order valence-electron chi connectivity index (χ1n) is 9.18. The Morgan fingerprint density at radius 2 is 1.93 bits per heavy atom. The third-order valence-corrected chi connectivity index (χ3v) is 5.40. The lowest BCUT2D eigenvalue weighted by atomic mass is 10.1. The number of hydrogen-bond donors (Lipinski definition) is 1. The van der Waals surface area contributed by atoms with E-state index < -0.39 is 4.92 Å². The van der Waals surface area contributed by atoms with Crippen molar-refractivity contribution in [3.8, 4) is 0 Å². The molecule has 0 bridgehead atoms. The molecule has 0 aliphatic carbocycles. The van der Waals surface area contributed by atoms with Gasteiger partial charge in [0.2, 0.25) is 5.91 Å². The smallest absolute Gasteiger partial charge is 0.270 e. The van der Waals surface area contributed by atoms with Crippen LogP contribution in [0.1, 0.15) is 25.8 Å². The van der Waals surface area contributed by atoms with Crippen molar-refractivity contribution in [1.82, 2.24) is 5.43 Å². The van der Waals surface area contributed by atoms with Crippen molar-refractivity contribution < 1.29 is 9.72 Å². The number of anilines is 1. The summed E-state index contributed by atoms with van der Waals surface area (Å²) in [5.41, 5.74) is 3.88. The number of hydrazone groups is 1. The summed E-state index contributed by atoms with van der Waals surface area (Å²) in [5, 5.41) is 15.7. The van der Waals surface area contributed by atoms with Crippen molar-refractivity contribution in [1.29, 1.82) is 0 Å². The number of nitrogens with one attached hydrogen (secondary N) is 1. The number of nitrogens with zero attached hydrogens (tertiary/aromatic N) is 3. The molecule has 0 spiro atoms. The van der Waals surface area contributed by atoms with Gasteiger partial charge in [0, 0.05) is 58.6 Å². The number of thioether (sulfide) groups is 1. The highest BCUT2D eigenvalue weighted by Gasteiger charge is 2.13. The maximum Gasteiger partial charge on any atom is 0.270 e. The van der Waals surface area contributed by atoms with E-state index in [1.165, 1.54) is 18.3 Å². The first-order chi connectivity index (χ1) is 13.9. The molecule has 2 rings (SSSR count). The van der Waals surface area contributed by atoms with E-state index in [4.69, 9.17) is 11.6 Å². The van der Waals surface area contributed by atoms with Crippen LogP contribution < -0.4 is 10.3 Å². The average molecular weight is 435 g/mol. The number of rotatable bonds is 10. The second-order valence-electron chi connectivity index (χ2n) is 6.02. The molecule has 0 atom stereocenters. The molecule has 154 valence electrons. The van der Waals surface area contributed by atoms with Crippen LogP contribution in [0.5, 0.6) is 0 Å². The summed E-state index contributed by atoms with van der Waals surface area (Å²) < 4.78 is 0. The van der Waals surface area contributed by atoms with Gasteiger partial charge in [0.1, 0.15) is 0 Å². The fraction of sp³-hybridized carbons (Fsp3) is 0.300. The molecule has 0 heterocycles. The minimum atomic E-state index is -0.448. The summed E-state index contributed by atoms with van der Waals surface area (Å²) in [6.45, 7) is 5.52. The van der Waals surface area contributed by atoms with E-state index in [2.05, 4.69) is 15.4 Å². The van der Waals surface area contributed by atoms with Crippen LogP contribution in [0.25, 0.3) is 0 Å². The molecule has 9 heteroatoms. The summed E-state index contributed by atoms with van der Waals surface area (Å²) in [6, 6.07) is 12.1. The van der Waals surface area contributed by atoms with Gasteiger partial charge in [0.15, 0.2) is 0 Å². The van der Waals surface area contributed by atoms with E-state index in [1.54, 1.807) is 30.0 Å². The standard InChI is InChI=1S/C20H23ClN4O3S/c1-3-24(4-2)19-10-7-17(25(27)28)13-15(19)14-22-23-20(26)11-12-29-18-8-5-16(21)6-9-18/h5-10,13-14H,3-4,11-12H2,1-2H3,(H,23,26)/b22-14-. The second-order valence-corrected chi connectivity index (χ2v) is 7.62. The van der Waals surface area contributed by atoms with Crippen LogP contribution >= 0.6 is 23.4 Å². The Bertz CT molecular complexity index is 871. The minimum Gasteiger partial charge on any atom is -0.372 e. The first kappa shape index (κ1) is 22.7. The van der Waals surface area contributed by atoms with E-state index >= 15 is 0 Å². The van der Waals surface area contributed by atoms with E-state index in [1.807, 2.05) is 26.0 Å². The zero-order valence-electron chi connectivity index (χ0n) is 16.3. The fourth-order valence-electron chi connectivity index (χ4n) is 2.63. The number of halogens is 1. The molecule has 0 saturated heterocycles. The van der Waals surface area contributed by atoms with E-state index in [0.717, 1.165) is 23.7 Å². The lowest BCUT2D eigenvalue weighted by Crippen LogP contribution is -2.23. The van der Waals surface area contributed by atoms with E-state index in [9.17, 15) is 14.9 Å². The molecule has 7 nitrogen and oxygen atoms in total. The highest BCUT2D eigenvalue weighted by Crippen LogP contribution is 2.24. The third-order valence-electron chi connectivity index (χ3n) is 4.13. The number of benzene rings is 2. The maximum atomic E-state index is 12.0. The summed E-state index contributed by atoms with van der Waals surface area (Å²) in [4.78, 5) is 25.7. The molecule has 2 aromatic carbocycles. The number of amides is 1. The molecule has 0 radical (unpaired) electrons. The molecule has 2 aromatic rings. The van der Waals surface area contributed by atoms with Crippen LogP contribution in [0.15, 0.2) is 52.5 Å². The molecule has 0 aliphatic heterocycles. The molecule has 0 aromatic heterocycles.